The van der Waals surface area contributed by atoms with E-state index >= 15 is 0 Å². The molecular formula is C17H18ClN5O2. The molecule has 0 radical (unpaired) electrons. The summed E-state index contributed by atoms with van der Waals surface area (Å²) in [6, 6.07) is 8.68. The highest BCUT2D eigenvalue weighted by molar-refractivity contribution is 6.30. The number of carbonyl (C=O) groups is 1. The van der Waals surface area contributed by atoms with Crippen molar-refractivity contribution >= 4 is 17.5 Å². The third kappa shape index (κ3) is 4.24. The summed E-state index contributed by atoms with van der Waals surface area (Å²) in [4.78, 5) is 16.6. The molecule has 2 heterocycles. The van der Waals surface area contributed by atoms with E-state index in [1.807, 2.05) is 19.1 Å². The number of nitrogens with zero attached hydrogens (tertiary/aromatic N) is 4. The van der Waals surface area contributed by atoms with Gasteiger partial charge in [-0.15, -0.1) is 0 Å². The van der Waals surface area contributed by atoms with Crippen molar-refractivity contribution in [2.75, 3.05) is 6.54 Å². The van der Waals surface area contributed by atoms with Crippen molar-refractivity contribution in [3.8, 4) is 11.4 Å². The zero-order valence-corrected chi connectivity index (χ0v) is 14.5. The van der Waals surface area contributed by atoms with Gasteiger partial charge in [0, 0.05) is 35.9 Å². The maximum absolute atomic E-state index is 12.3. The summed E-state index contributed by atoms with van der Waals surface area (Å²) < 4.78 is 6.88. The van der Waals surface area contributed by atoms with Gasteiger partial charge in [-0.05, 0) is 36.8 Å². The van der Waals surface area contributed by atoms with Crippen LogP contribution in [0.5, 0.6) is 0 Å². The van der Waals surface area contributed by atoms with Gasteiger partial charge >= 0.3 is 0 Å². The minimum absolute atomic E-state index is 0.0800. The predicted octanol–water partition coefficient (Wildman–Crippen LogP) is 2.90. The summed E-state index contributed by atoms with van der Waals surface area (Å²) in [6.07, 6.45) is 4.56. The van der Waals surface area contributed by atoms with E-state index in [1.54, 1.807) is 35.3 Å². The van der Waals surface area contributed by atoms with Gasteiger partial charge in [0.05, 0.1) is 0 Å². The Morgan fingerprint density at radius 1 is 1.36 bits per heavy atom. The first-order valence-corrected chi connectivity index (χ1v) is 8.40. The Labute approximate surface area is 150 Å². The van der Waals surface area contributed by atoms with E-state index in [0.717, 1.165) is 5.56 Å². The number of benzene rings is 1. The monoisotopic (exact) mass is 359 g/mol. The van der Waals surface area contributed by atoms with Gasteiger partial charge in [-0.25, -0.2) is 0 Å². The van der Waals surface area contributed by atoms with Crippen LogP contribution in [0.25, 0.3) is 11.4 Å². The second-order valence-corrected chi connectivity index (χ2v) is 5.91. The van der Waals surface area contributed by atoms with Gasteiger partial charge in [0.15, 0.2) is 0 Å². The van der Waals surface area contributed by atoms with Crippen LogP contribution in [0.4, 0.5) is 0 Å². The van der Waals surface area contributed by atoms with Crippen LogP contribution in [0, 0.1) is 0 Å². The Balaban J connectivity index is 1.54. The maximum Gasteiger partial charge on any atom is 0.244 e. The Morgan fingerprint density at radius 3 is 2.84 bits per heavy atom. The molecule has 1 atom stereocenters. The molecule has 3 rings (SSSR count). The van der Waals surface area contributed by atoms with Crippen LogP contribution < -0.4 is 5.32 Å². The largest absolute Gasteiger partial charge is 0.354 e. The van der Waals surface area contributed by atoms with Crippen LogP contribution in [-0.2, 0) is 11.2 Å². The lowest BCUT2D eigenvalue weighted by Gasteiger charge is -2.14. The summed E-state index contributed by atoms with van der Waals surface area (Å²) >= 11 is 5.87. The van der Waals surface area contributed by atoms with E-state index in [2.05, 4.69) is 20.6 Å². The molecule has 0 aliphatic rings. The van der Waals surface area contributed by atoms with E-state index < -0.39 is 0 Å². The summed E-state index contributed by atoms with van der Waals surface area (Å²) in [7, 11) is 0. The Bertz CT molecular complexity index is 814. The van der Waals surface area contributed by atoms with Crippen molar-refractivity contribution in [3.63, 3.8) is 0 Å². The first-order valence-electron chi connectivity index (χ1n) is 8.02. The zero-order valence-electron chi connectivity index (χ0n) is 13.7. The van der Waals surface area contributed by atoms with Gasteiger partial charge in [-0.1, -0.05) is 23.7 Å². The van der Waals surface area contributed by atoms with Crippen molar-refractivity contribution in [3.05, 3.63) is 53.6 Å². The smallest absolute Gasteiger partial charge is 0.244 e. The highest BCUT2D eigenvalue weighted by atomic mass is 35.5. The molecule has 0 aliphatic carbocycles. The third-order valence-electron chi connectivity index (χ3n) is 3.74. The highest BCUT2D eigenvalue weighted by Gasteiger charge is 2.18. The van der Waals surface area contributed by atoms with Crippen LogP contribution in [0.15, 0.2) is 47.2 Å². The zero-order chi connectivity index (χ0) is 17.6. The molecule has 0 unspecified atom stereocenters. The molecule has 130 valence electrons. The van der Waals surface area contributed by atoms with Gasteiger partial charge in [-0.2, -0.15) is 10.1 Å². The van der Waals surface area contributed by atoms with Gasteiger partial charge < -0.3 is 9.84 Å². The van der Waals surface area contributed by atoms with Crippen LogP contribution in [-0.4, -0.2) is 32.4 Å². The standard InChI is InChI=1S/C17H18ClN5O2/c1-2-14(23-11-3-9-20-23)17(24)19-10-8-15-21-16(22-25-15)12-4-6-13(18)7-5-12/h3-7,9,11,14H,2,8,10H2,1H3,(H,19,24)/t14-/m0/s1. The fourth-order valence-electron chi connectivity index (χ4n) is 2.44. The topological polar surface area (TPSA) is 85.8 Å². The minimum Gasteiger partial charge on any atom is -0.354 e. The fourth-order valence-corrected chi connectivity index (χ4v) is 2.57. The Hall–Kier alpha value is -2.67. The lowest BCUT2D eigenvalue weighted by molar-refractivity contribution is -0.124. The normalized spacial score (nSPS) is 12.1. The average molecular weight is 360 g/mol. The van der Waals surface area contributed by atoms with E-state index in [1.165, 1.54) is 0 Å². The summed E-state index contributed by atoms with van der Waals surface area (Å²) in [5.41, 5.74) is 0.827. The second-order valence-electron chi connectivity index (χ2n) is 5.47. The van der Waals surface area contributed by atoms with Gasteiger partial charge in [0.1, 0.15) is 6.04 Å². The molecule has 0 saturated heterocycles. The van der Waals surface area contributed by atoms with E-state index in [-0.39, 0.29) is 11.9 Å². The molecule has 8 heteroatoms. The molecule has 1 N–H and O–H groups in total. The van der Waals surface area contributed by atoms with E-state index in [9.17, 15) is 4.79 Å². The van der Waals surface area contributed by atoms with E-state index in [0.29, 0.717) is 36.1 Å². The summed E-state index contributed by atoms with van der Waals surface area (Å²) in [5, 5.41) is 11.6. The quantitative estimate of drug-likeness (QED) is 0.701. The average Bonchev–Trinajstić information content (AvgIpc) is 3.28. The third-order valence-corrected chi connectivity index (χ3v) is 3.99. The van der Waals surface area contributed by atoms with Crippen LogP contribution in [0.1, 0.15) is 25.3 Å². The second kappa shape index (κ2) is 7.94. The number of hydrogen-bond acceptors (Lipinski definition) is 5. The molecule has 0 fully saturated rings. The number of amides is 1. The molecule has 0 spiro atoms. The molecule has 0 saturated carbocycles. The Kier molecular flexibility index (Phi) is 5.45. The molecule has 0 aliphatic heterocycles. The number of carbonyl (C=O) groups excluding carboxylic acids is 1. The minimum atomic E-state index is -0.317. The lowest BCUT2D eigenvalue weighted by atomic mass is 10.2. The predicted molar refractivity (Wildman–Crippen MR) is 93.0 cm³/mol. The number of rotatable bonds is 7. The molecule has 1 amide bonds. The summed E-state index contributed by atoms with van der Waals surface area (Å²) in [5.74, 6) is 0.891. The highest BCUT2D eigenvalue weighted by Crippen LogP contribution is 2.18. The van der Waals surface area contributed by atoms with Gasteiger partial charge in [-0.3, -0.25) is 9.48 Å². The van der Waals surface area contributed by atoms with Gasteiger partial charge in [0.2, 0.25) is 17.6 Å². The van der Waals surface area contributed by atoms with Crippen LogP contribution >= 0.6 is 11.6 Å². The number of hydrogen-bond donors (Lipinski definition) is 1. The fraction of sp³-hybridized carbons (Fsp3) is 0.294. The van der Waals surface area contributed by atoms with Gasteiger partial charge in [0.25, 0.3) is 0 Å². The molecule has 3 aromatic rings. The first-order chi connectivity index (χ1) is 12.2. The molecular weight excluding hydrogens is 342 g/mol. The summed E-state index contributed by atoms with van der Waals surface area (Å²) in [6.45, 7) is 2.36. The molecule has 1 aromatic carbocycles. The number of aromatic nitrogens is 4. The van der Waals surface area contributed by atoms with Crippen molar-refractivity contribution < 1.29 is 9.32 Å². The molecule has 2 aromatic heterocycles. The number of nitrogens with one attached hydrogen (secondary N) is 1. The molecule has 0 bridgehead atoms. The SMILES string of the molecule is CC[C@@H](C(=O)NCCc1nc(-c2ccc(Cl)cc2)no1)n1cccn1. The van der Waals surface area contributed by atoms with E-state index in [4.69, 9.17) is 16.1 Å². The van der Waals surface area contributed by atoms with Crippen molar-refractivity contribution in [1.82, 2.24) is 25.2 Å². The number of halogens is 1. The molecule has 25 heavy (non-hydrogen) atoms. The van der Waals surface area contributed by atoms with Crippen molar-refractivity contribution in [2.24, 2.45) is 0 Å². The first kappa shape index (κ1) is 17.2. The van der Waals surface area contributed by atoms with Crippen LogP contribution in [0.3, 0.4) is 0 Å². The Morgan fingerprint density at radius 2 is 2.16 bits per heavy atom. The van der Waals surface area contributed by atoms with Crippen LogP contribution in [0.2, 0.25) is 5.02 Å². The maximum atomic E-state index is 12.3. The van der Waals surface area contributed by atoms with Crippen molar-refractivity contribution in [2.45, 2.75) is 25.8 Å². The van der Waals surface area contributed by atoms with Crippen molar-refractivity contribution in [1.29, 1.82) is 0 Å². The lowest BCUT2D eigenvalue weighted by Crippen LogP contribution is -2.33. The molecule has 7 nitrogen and oxygen atoms in total.